The smallest absolute Gasteiger partial charge is 0.310 e. The predicted molar refractivity (Wildman–Crippen MR) is 100 cm³/mol. The van der Waals surface area contributed by atoms with E-state index < -0.39 is 23.7 Å². The highest BCUT2D eigenvalue weighted by Crippen LogP contribution is 2.32. The summed E-state index contributed by atoms with van der Waals surface area (Å²) in [7, 11) is 1.51. The van der Waals surface area contributed by atoms with Crippen molar-refractivity contribution in [3.63, 3.8) is 0 Å². The molecule has 3 N–H and O–H groups in total. The van der Waals surface area contributed by atoms with E-state index in [-0.39, 0.29) is 11.2 Å². The lowest BCUT2D eigenvalue weighted by Crippen LogP contribution is -2.44. The minimum absolute atomic E-state index is 0.260. The van der Waals surface area contributed by atoms with Gasteiger partial charge in [-0.05, 0) is 18.2 Å². The molecule has 0 saturated carbocycles. The summed E-state index contributed by atoms with van der Waals surface area (Å²) in [5.41, 5.74) is 2.07. The van der Waals surface area contributed by atoms with Crippen LogP contribution in [0.1, 0.15) is 0 Å². The molecule has 0 spiro atoms. The van der Waals surface area contributed by atoms with Crippen LogP contribution in [-0.4, -0.2) is 31.1 Å². The summed E-state index contributed by atoms with van der Waals surface area (Å²) in [5.74, 6) is 4.98. The van der Waals surface area contributed by atoms with Crippen molar-refractivity contribution >= 4 is 40.3 Å². The van der Waals surface area contributed by atoms with E-state index in [4.69, 9.17) is 17.4 Å². The molecule has 10 nitrogen and oxygen atoms in total. The number of carbonyl (C=O) groups excluding carboxylic acids is 1. The van der Waals surface area contributed by atoms with Gasteiger partial charge in [0.2, 0.25) is 5.95 Å². The Bertz CT molecular complexity index is 1190. The molecule has 1 amide bonds. The van der Waals surface area contributed by atoms with Crippen LogP contribution in [0.15, 0.2) is 33.9 Å². The molecule has 2 aromatic heterocycles. The van der Waals surface area contributed by atoms with E-state index in [1.165, 1.54) is 11.6 Å². The fourth-order valence-corrected chi connectivity index (χ4v) is 3.48. The topological polar surface area (TPSA) is 120 Å². The number of aryl methyl sites for hydroxylation is 1. The van der Waals surface area contributed by atoms with Gasteiger partial charge in [0.25, 0.3) is 11.5 Å². The van der Waals surface area contributed by atoms with Crippen molar-refractivity contribution in [3.8, 4) is 0 Å². The highest BCUT2D eigenvalue weighted by atomic mass is 35.5. The number of hydrogen-bond acceptors (Lipinski definition) is 6. The number of hydrogen-bond donors (Lipinski definition) is 2. The Morgan fingerprint density at radius 3 is 2.81 bits per heavy atom. The summed E-state index contributed by atoms with van der Waals surface area (Å²) < 4.78 is 3.85. The normalized spacial score (nSPS) is 13.2. The van der Waals surface area contributed by atoms with E-state index in [0.29, 0.717) is 24.1 Å². The molecule has 0 unspecified atom stereocenters. The lowest BCUT2D eigenvalue weighted by molar-refractivity contribution is -0.121. The highest BCUT2D eigenvalue weighted by Gasteiger charge is 2.29. The molecule has 3 heterocycles. The lowest BCUT2D eigenvalue weighted by atomic mass is 10.3. The average molecular weight is 390 g/mol. The predicted octanol–water partition coefficient (Wildman–Crippen LogP) is -0.308. The van der Waals surface area contributed by atoms with E-state index in [9.17, 15) is 14.4 Å². The van der Waals surface area contributed by atoms with Gasteiger partial charge in [-0.25, -0.2) is 15.2 Å². The molecule has 4 rings (SSSR count). The Morgan fingerprint density at radius 1 is 1.33 bits per heavy atom. The van der Waals surface area contributed by atoms with Crippen LogP contribution >= 0.6 is 11.6 Å². The zero-order valence-electron chi connectivity index (χ0n) is 14.3. The Kier molecular flexibility index (Phi) is 4.01. The van der Waals surface area contributed by atoms with Gasteiger partial charge in [0.1, 0.15) is 6.54 Å². The number of carbonyl (C=O) groups is 1. The van der Waals surface area contributed by atoms with Crippen molar-refractivity contribution < 1.29 is 4.79 Å². The summed E-state index contributed by atoms with van der Waals surface area (Å²) in [5, 5.41) is 0.588. The molecular weight excluding hydrogens is 374 g/mol. The molecule has 27 heavy (non-hydrogen) atoms. The first-order valence-corrected chi connectivity index (χ1v) is 8.52. The van der Waals surface area contributed by atoms with Crippen molar-refractivity contribution in [1.82, 2.24) is 24.1 Å². The first-order valence-electron chi connectivity index (χ1n) is 8.15. The van der Waals surface area contributed by atoms with Gasteiger partial charge in [0.05, 0.1) is 0 Å². The number of aromatic nitrogens is 4. The first kappa shape index (κ1) is 17.3. The molecule has 140 valence electrons. The van der Waals surface area contributed by atoms with Gasteiger partial charge in [-0.15, -0.1) is 0 Å². The fourth-order valence-electron chi connectivity index (χ4n) is 3.30. The summed E-state index contributed by atoms with van der Waals surface area (Å²) in [6.45, 7) is 0.648. The van der Waals surface area contributed by atoms with Crippen molar-refractivity contribution in [3.05, 3.63) is 50.1 Å². The standard InChI is InChI=1S/C16H16ClN7O3/c1-21-13-12(14(26)24(16(21)27)8-11(25)20-18)23-6-5-22(15(23)19-13)10-4-2-3-9(17)7-10/h2-4,7H,5-6,8,18H2,1H3,(H,20,25). The van der Waals surface area contributed by atoms with E-state index in [2.05, 4.69) is 4.98 Å². The molecule has 0 radical (unpaired) electrons. The van der Waals surface area contributed by atoms with Crippen molar-refractivity contribution in [2.24, 2.45) is 12.9 Å². The molecule has 1 aromatic carbocycles. The van der Waals surface area contributed by atoms with Gasteiger partial charge in [-0.2, -0.15) is 4.98 Å². The number of fused-ring (bicyclic) bond motifs is 3. The number of nitrogens with one attached hydrogen (secondary N) is 1. The van der Waals surface area contributed by atoms with Crippen molar-refractivity contribution in [2.75, 3.05) is 11.4 Å². The second-order valence-electron chi connectivity index (χ2n) is 6.17. The number of rotatable bonds is 3. The number of nitrogens with two attached hydrogens (primary N) is 1. The van der Waals surface area contributed by atoms with Crippen LogP contribution < -0.4 is 27.4 Å². The summed E-state index contributed by atoms with van der Waals surface area (Å²) in [6.07, 6.45) is 0. The third-order valence-electron chi connectivity index (χ3n) is 4.58. The maximum absolute atomic E-state index is 12.9. The number of nitrogens with zero attached hydrogens (tertiary/aromatic N) is 5. The minimum atomic E-state index is -0.643. The van der Waals surface area contributed by atoms with Crippen LogP contribution in [0.5, 0.6) is 0 Å². The number of hydrazine groups is 1. The first-order chi connectivity index (χ1) is 12.9. The molecule has 0 bridgehead atoms. The van der Waals surface area contributed by atoms with Crippen LogP contribution in [0, 0.1) is 0 Å². The Labute approximate surface area is 157 Å². The molecule has 3 aromatic rings. The minimum Gasteiger partial charge on any atom is -0.310 e. The maximum Gasteiger partial charge on any atom is 0.332 e. The highest BCUT2D eigenvalue weighted by molar-refractivity contribution is 6.30. The Balaban J connectivity index is 1.93. The van der Waals surface area contributed by atoms with Gasteiger partial charge < -0.3 is 9.47 Å². The fraction of sp³-hybridized carbons (Fsp3) is 0.250. The van der Waals surface area contributed by atoms with Crippen LogP contribution in [0.3, 0.4) is 0 Å². The molecule has 0 saturated heterocycles. The monoisotopic (exact) mass is 389 g/mol. The molecule has 11 heteroatoms. The third-order valence-corrected chi connectivity index (χ3v) is 4.82. The van der Waals surface area contributed by atoms with E-state index in [1.54, 1.807) is 16.7 Å². The number of benzene rings is 1. The molecular formula is C16H16ClN7O3. The molecule has 0 aliphatic carbocycles. The number of amides is 1. The second kappa shape index (κ2) is 6.25. The third kappa shape index (κ3) is 2.61. The van der Waals surface area contributed by atoms with E-state index in [0.717, 1.165) is 10.3 Å². The Hall–Kier alpha value is -3.11. The largest absolute Gasteiger partial charge is 0.332 e. The van der Waals surface area contributed by atoms with Crippen LogP contribution in [-0.2, 0) is 24.9 Å². The maximum atomic E-state index is 12.9. The summed E-state index contributed by atoms with van der Waals surface area (Å²) in [6, 6.07) is 7.30. The molecule has 1 aliphatic rings. The van der Waals surface area contributed by atoms with Gasteiger partial charge in [-0.3, -0.25) is 19.6 Å². The summed E-state index contributed by atoms with van der Waals surface area (Å²) >= 11 is 6.08. The number of halogens is 1. The lowest BCUT2D eigenvalue weighted by Gasteiger charge is -2.16. The molecule has 1 aliphatic heterocycles. The van der Waals surface area contributed by atoms with Gasteiger partial charge in [0, 0.05) is 30.8 Å². The Morgan fingerprint density at radius 2 is 2.11 bits per heavy atom. The zero-order chi connectivity index (χ0) is 19.3. The van der Waals surface area contributed by atoms with Gasteiger partial charge >= 0.3 is 5.69 Å². The van der Waals surface area contributed by atoms with Crippen LogP contribution in [0.2, 0.25) is 5.02 Å². The quantitative estimate of drug-likeness (QED) is 0.360. The molecule has 0 fully saturated rings. The summed E-state index contributed by atoms with van der Waals surface area (Å²) in [4.78, 5) is 43.4. The van der Waals surface area contributed by atoms with Crippen molar-refractivity contribution in [2.45, 2.75) is 13.1 Å². The van der Waals surface area contributed by atoms with Crippen molar-refractivity contribution in [1.29, 1.82) is 0 Å². The van der Waals surface area contributed by atoms with Crippen LogP contribution in [0.4, 0.5) is 11.6 Å². The van der Waals surface area contributed by atoms with Crippen LogP contribution in [0.25, 0.3) is 11.2 Å². The van der Waals surface area contributed by atoms with E-state index in [1.807, 2.05) is 22.5 Å². The SMILES string of the molecule is Cn1c(=O)n(CC(=O)NN)c(=O)c2c1nc1n2CCN1c1cccc(Cl)c1. The van der Waals surface area contributed by atoms with E-state index >= 15 is 0 Å². The van der Waals surface area contributed by atoms with Gasteiger partial charge in [-0.1, -0.05) is 17.7 Å². The zero-order valence-corrected chi connectivity index (χ0v) is 15.1. The molecule has 0 atom stereocenters. The van der Waals surface area contributed by atoms with Gasteiger partial charge in [0.15, 0.2) is 11.2 Å². The average Bonchev–Trinajstić information content (AvgIpc) is 3.22. The second-order valence-corrected chi connectivity index (χ2v) is 6.60. The number of imidazole rings is 1. The number of anilines is 2.